The van der Waals surface area contributed by atoms with Crippen LogP contribution in [0.5, 0.6) is 11.5 Å². The molecule has 1 aliphatic heterocycles. The van der Waals surface area contributed by atoms with Gasteiger partial charge in [-0.2, -0.15) is 0 Å². The molecule has 0 saturated heterocycles. The van der Waals surface area contributed by atoms with Crippen LogP contribution in [0.4, 0.5) is 0 Å². The Labute approximate surface area is 196 Å². The predicted octanol–water partition coefficient (Wildman–Crippen LogP) is 3.46. The predicted molar refractivity (Wildman–Crippen MR) is 129 cm³/mol. The zero-order valence-corrected chi connectivity index (χ0v) is 20.3. The Hall–Kier alpha value is -3.06. The minimum Gasteiger partial charge on any atom is -0.493 e. The fourth-order valence-electron chi connectivity index (χ4n) is 4.57. The maximum absolute atomic E-state index is 13.5. The molecular weight excluding hydrogens is 418 g/mol. The van der Waals surface area contributed by atoms with Gasteiger partial charge < -0.3 is 24.6 Å². The van der Waals surface area contributed by atoms with Crippen LogP contribution in [0.15, 0.2) is 42.5 Å². The third-order valence-corrected chi connectivity index (χ3v) is 6.46. The molecule has 0 fully saturated rings. The van der Waals surface area contributed by atoms with Gasteiger partial charge >= 0.3 is 0 Å². The fourth-order valence-corrected chi connectivity index (χ4v) is 4.57. The first-order valence-corrected chi connectivity index (χ1v) is 11.5. The standard InChI is InChI=1S/C26H35N3O4/c1-6-29(7-2)16-10-15-27-25(30)23-19-11-8-9-12-20(19)26(31)28(3)24(23)18-13-14-21(32-4)22(17-18)33-5/h8-9,11-14,17,23-24H,6-7,10,15-16H2,1-5H3,(H,27,30). The van der Waals surface area contributed by atoms with Gasteiger partial charge in [0.2, 0.25) is 5.91 Å². The minimum atomic E-state index is -0.532. The third-order valence-electron chi connectivity index (χ3n) is 6.46. The smallest absolute Gasteiger partial charge is 0.254 e. The molecule has 1 heterocycles. The van der Waals surface area contributed by atoms with E-state index in [0.29, 0.717) is 23.6 Å². The number of likely N-dealkylation sites (N-methyl/N-ethyl adjacent to an activating group) is 1. The Kier molecular flexibility index (Phi) is 8.33. The van der Waals surface area contributed by atoms with Crippen molar-refractivity contribution >= 4 is 11.8 Å². The summed E-state index contributed by atoms with van der Waals surface area (Å²) < 4.78 is 10.9. The number of rotatable bonds is 10. The highest BCUT2D eigenvalue weighted by Crippen LogP contribution is 2.43. The van der Waals surface area contributed by atoms with Crippen molar-refractivity contribution in [3.8, 4) is 11.5 Å². The molecule has 2 aromatic carbocycles. The van der Waals surface area contributed by atoms with E-state index in [0.717, 1.165) is 37.2 Å². The zero-order chi connectivity index (χ0) is 24.0. The maximum Gasteiger partial charge on any atom is 0.254 e. The summed E-state index contributed by atoms with van der Waals surface area (Å²) in [6.07, 6.45) is 0.873. The number of ether oxygens (including phenoxy) is 2. The van der Waals surface area contributed by atoms with Gasteiger partial charge in [-0.3, -0.25) is 9.59 Å². The molecule has 178 valence electrons. The Morgan fingerprint density at radius 3 is 2.42 bits per heavy atom. The molecule has 2 atom stereocenters. The number of methoxy groups -OCH3 is 2. The molecule has 7 nitrogen and oxygen atoms in total. The number of carbonyl (C=O) groups excluding carboxylic acids is 2. The van der Waals surface area contributed by atoms with Crippen molar-refractivity contribution in [2.24, 2.45) is 0 Å². The second kappa shape index (κ2) is 11.2. The number of nitrogens with zero attached hydrogens (tertiary/aromatic N) is 2. The fraction of sp³-hybridized carbons (Fsp3) is 0.462. The minimum absolute atomic E-state index is 0.0823. The molecule has 0 saturated carbocycles. The first-order valence-electron chi connectivity index (χ1n) is 11.5. The van der Waals surface area contributed by atoms with E-state index in [1.165, 1.54) is 0 Å². The van der Waals surface area contributed by atoms with Crippen LogP contribution in [0.1, 0.15) is 53.7 Å². The highest BCUT2D eigenvalue weighted by Gasteiger charge is 2.42. The first kappa shape index (κ1) is 24.6. The van der Waals surface area contributed by atoms with Gasteiger partial charge in [0.25, 0.3) is 5.91 Å². The van der Waals surface area contributed by atoms with E-state index >= 15 is 0 Å². The van der Waals surface area contributed by atoms with Crippen LogP contribution >= 0.6 is 0 Å². The molecule has 0 radical (unpaired) electrons. The molecule has 0 aromatic heterocycles. The summed E-state index contributed by atoms with van der Waals surface area (Å²) in [6.45, 7) is 7.79. The summed E-state index contributed by atoms with van der Waals surface area (Å²) in [4.78, 5) is 30.7. The van der Waals surface area contributed by atoms with Crippen molar-refractivity contribution in [2.45, 2.75) is 32.2 Å². The lowest BCUT2D eigenvalue weighted by atomic mass is 9.79. The summed E-state index contributed by atoms with van der Waals surface area (Å²) in [5.74, 6) is 0.449. The molecule has 2 amide bonds. The van der Waals surface area contributed by atoms with Crippen molar-refractivity contribution < 1.29 is 19.1 Å². The van der Waals surface area contributed by atoms with E-state index in [9.17, 15) is 9.59 Å². The normalized spacial score (nSPS) is 17.6. The summed E-state index contributed by atoms with van der Waals surface area (Å²) in [7, 11) is 4.91. The molecule has 0 aliphatic carbocycles. The van der Waals surface area contributed by atoms with Crippen molar-refractivity contribution in [3.63, 3.8) is 0 Å². The molecule has 7 heteroatoms. The molecule has 0 spiro atoms. The summed E-state index contributed by atoms with van der Waals surface area (Å²) >= 11 is 0. The Morgan fingerprint density at radius 1 is 1.06 bits per heavy atom. The van der Waals surface area contributed by atoms with E-state index in [4.69, 9.17) is 9.47 Å². The van der Waals surface area contributed by atoms with Crippen LogP contribution in [0.3, 0.4) is 0 Å². The average molecular weight is 454 g/mol. The molecule has 3 rings (SSSR count). The highest BCUT2D eigenvalue weighted by molar-refractivity contribution is 6.01. The lowest BCUT2D eigenvalue weighted by Gasteiger charge is -2.40. The number of amides is 2. The van der Waals surface area contributed by atoms with E-state index in [1.807, 2.05) is 36.4 Å². The second-order valence-corrected chi connectivity index (χ2v) is 8.21. The lowest BCUT2D eigenvalue weighted by Crippen LogP contribution is -2.46. The van der Waals surface area contributed by atoms with Gasteiger partial charge in [0.15, 0.2) is 11.5 Å². The first-order chi connectivity index (χ1) is 16.0. The highest BCUT2D eigenvalue weighted by atomic mass is 16.5. The summed E-state index contributed by atoms with van der Waals surface area (Å²) in [5.41, 5.74) is 2.14. The van der Waals surface area contributed by atoms with Gasteiger partial charge in [0.05, 0.1) is 26.2 Å². The number of nitrogens with one attached hydrogen (secondary N) is 1. The van der Waals surface area contributed by atoms with Crippen LogP contribution in [0.2, 0.25) is 0 Å². The molecular formula is C26H35N3O4. The summed E-state index contributed by atoms with van der Waals surface area (Å²) in [6, 6.07) is 12.5. The molecule has 2 aromatic rings. The monoisotopic (exact) mass is 453 g/mol. The maximum atomic E-state index is 13.5. The third kappa shape index (κ3) is 5.14. The van der Waals surface area contributed by atoms with Gasteiger partial charge in [-0.15, -0.1) is 0 Å². The van der Waals surface area contributed by atoms with Crippen LogP contribution in [-0.4, -0.2) is 69.1 Å². The second-order valence-electron chi connectivity index (χ2n) is 8.21. The molecule has 33 heavy (non-hydrogen) atoms. The molecule has 0 bridgehead atoms. The van der Waals surface area contributed by atoms with Crippen molar-refractivity contribution in [1.29, 1.82) is 0 Å². The van der Waals surface area contributed by atoms with Gasteiger partial charge in [-0.25, -0.2) is 0 Å². The van der Waals surface area contributed by atoms with E-state index in [2.05, 4.69) is 24.1 Å². The number of hydrogen-bond acceptors (Lipinski definition) is 5. The number of carbonyl (C=O) groups is 2. The zero-order valence-electron chi connectivity index (χ0n) is 20.3. The number of hydrogen-bond donors (Lipinski definition) is 1. The van der Waals surface area contributed by atoms with E-state index < -0.39 is 12.0 Å². The average Bonchev–Trinajstić information content (AvgIpc) is 2.85. The van der Waals surface area contributed by atoms with Crippen LogP contribution < -0.4 is 14.8 Å². The van der Waals surface area contributed by atoms with Crippen molar-refractivity contribution in [2.75, 3.05) is 47.4 Å². The quantitative estimate of drug-likeness (QED) is 0.558. The van der Waals surface area contributed by atoms with E-state index in [-0.39, 0.29) is 11.8 Å². The Bertz CT molecular complexity index is 974. The molecule has 1 aliphatic rings. The van der Waals surface area contributed by atoms with Crippen molar-refractivity contribution in [3.05, 3.63) is 59.2 Å². The van der Waals surface area contributed by atoms with Crippen LogP contribution in [0.25, 0.3) is 0 Å². The van der Waals surface area contributed by atoms with Crippen LogP contribution in [-0.2, 0) is 4.79 Å². The van der Waals surface area contributed by atoms with Gasteiger partial charge in [-0.1, -0.05) is 38.1 Å². The van der Waals surface area contributed by atoms with Crippen molar-refractivity contribution in [1.82, 2.24) is 15.1 Å². The number of benzene rings is 2. The van der Waals surface area contributed by atoms with Crippen LogP contribution in [0, 0.1) is 0 Å². The van der Waals surface area contributed by atoms with Gasteiger partial charge in [0, 0.05) is 19.2 Å². The van der Waals surface area contributed by atoms with E-state index in [1.54, 1.807) is 32.2 Å². The number of fused-ring (bicyclic) bond motifs is 1. The molecule has 1 N–H and O–H groups in total. The van der Waals surface area contributed by atoms with Gasteiger partial charge in [0.1, 0.15) is 0 Å². The Balaban J connectivity index is 1.93. The largest absolute Gasteiger partial charge is 0.493 e. The Morgan fingerprint density at radius 2 is 1.76 bits per heavy atom. The van der Waals surface area contributed by atoms with Gasteiger partial charge in [-0.05, 0) is 55.4 Å². The molecule has 2 unspecified atom stereocenters. The topological polar surface area (TPSA) is 71.1 Å². The lowest BCUT2D eigenvalue weighted by molar-refractivity contribution is -0.124. The summed E-state index contributed by atoms with van der Waals surface area (Å²) in [5, 5.41) is 3.12. The SMILES string of the molecule is CCN(CC)CCCNC(=O)C1c2ccccc2C(=O)N(C)C1c1ccc(OC)c(OC)c1.